The second-order valence-corrected chi connectivity index (χ2v) is 10.7. The number of nitrogens with zero attached hydrogens (tertiary/aromatic N) is 4. The lowest BCUT2D eigenvalue weighted by molar-refractivity contribution is 0.0985. The van der Waals surface area contributed by atoms with Gasteiger partial charge in [0.1, 0.15) is 0 Å². The highest BCUT2D eigenvalue weighted by Crippen LogP contribution is 2.31. The van der Waals surface area contributed by atoms with Crippen LogP contribution in [-0.4, -0.2) is 68.8 Å². The van der Waals surface area contributed by atoms with Crippen LogP contribution in [0.15, 0.2) is 47.4 Å². The van der Waals surface area contributed by atoms with Crippen molar-refractivity contribution in [1.82, 2.24) is 14.2 Å². The molecule has 10 heteroatoms. The fourth-order valence-electron chi connectivity index (χ4n) is 3.41. The summed E-state index contributed by atoms with van der Waals surface area (Å²) in [5.74, 6) is -0.199. The molecule has 1 heterocycles. The van der Waals surface area contributed by atoms with Gasteiger partial charge < -0.3 is 4.90 Å². The number of carbonyl (C=O) groups excluding carboxylic acids is 1. The molecule has 0 bridgehead atoms. The number of sulfonamides is 1. The predicted molar refractivity (Wildman–Crippen MR) is 138 cm³/mol. The van der Waals surface area contributed by atoms with E-state index in [2.05, 4.69) is 0 Å². The first-order valence-corrected chi connectivity index (χ1v) is 12.9. The molecule has 0 aliphatic rings. The summed E-state index contributed by atoms with van der Waals surface area (Å²) in [5.41, 5.74) is 2.39. The van der Waals surface area contributed by atoms with Gasteiger partial charge in [-0.3, -0.25) is 9.69 Å². The maximum atomic E-state index is 13.4. The number of amides is 1. The monoisotopic (exact) mass is 510 g/mol. The number of thiazole rings is 1. The number of likely N-dealkylation sites (N-methyl/N-ethyl adjacent to an activating group) is 1. The van der Waals surface area contributed by atoms with E-state index in [1.807, 2.05) is 44.1 Å². The third-order valence-corrected chi connectivity index (χ3v) is 8.41. The van der Waals surface area contributed by atoms with Gasteiger partial charge in [0.2, 0.25) is 10.0 Å². The quantitative estimate of drug-likeness (QED) is 0.430. The van der Waals surface area contributed by atoms with E-state index in [0.717, 1.165) is 15.8 Å². The van der Waals surface area contributed by atoms with Crippen LogP contribution in [0.5, 0.6) is 0 Å². The number of anilines is 1. The van der Waals surface area contributed by atoms with E-state index in [1.165, 1.54) is 27.8 Å². The van der Waals surface area contributed by atoms with Gasteiger partial charge in [0.25, 0.3) is 5.91 Å². The van der Waals surface area contributed by atoms with Crippen LogP contribution in [0.4, 0.5) is 5.13 Å². The molecule has 0 fully saturated rings. The van der Waals surface area contributed by atoms with Crippen LogP contribution in [0.2, 0.25) is 0 Å². The molecular formula is C23H31ClN4O3S2. The maximum absolute atomic E-state index is 13.4. The fourth-order valence-corrected chi connectivity index (χ4v) is 5.94. The highest BCUT2D eigenvalue weighted by molar-refractivity contribution is 7.89. The zero-order valence-corrected chi connectivity index (χ0v) is 22.1. The molecule has 0 atom stereocenters. The third kappa shape index (κ3) is 5.91. The number of para-hydroxylation sites is 1. The summed E-state index contributed by atoms with van der Waals surface area (Å²) in [6.07, 6.45) is 0. The lowest BCUT2D eigenvalue weighted by atomic mass is 10.2. The van der Waals surface area contributed by atoms with E-state index >= 15 is 0 Å². The van der Waals surface area contributed by atoms with Gasteiger partial charge in [-0.2, -0.15) is 4.31 Å². The van der Waals surface area contributed by atoms with Gasteiger partial charge >= 0.3 is 0 Å². The number of aromatic nitrogens is 1. The van der Waals surface area contributed by atoms with Crippen LogP contribution in [0, 0.1) is 6.92 Å². The van der Waals surface area contributed by atoms with Gasteiger partial charge in [-0.05, 0) is 56.9 Å². The third-order valence-electron chi connectivity index (χ3n) is 5.30. The lowest BCUT2D eigenvalue weighted by Gasteiger charge is -2.22. The molecule has 0 saturated carbocycles. The van der Waals surface area contributed by atoms with Crippen molar-refractivity contribution in [3.63, 3.8) is 0 Å². The molecule has 1 aromatic heterocycles. The predicted octanol–water partition coefficient (Wildman–Crippen LogP) is 4.27. The largest absolute Gasteiger partial charge is 0.308 e. The Morgan fingerprint density at radius 2 is 1.64 bits per heavy atom. The molecule has 0 aliphatic carbocycles. The molecule has 0 aliphatic heterocycles. The number of aryl methyl sites for hydroxylation is 1. The van der Waals surface area contributed by atoms with Crippen molar-refractivity contribution in [2.24, 2.45) is 0 Å². The Morgan fingerprint density at radius 3 is 2.18 bits per heavy atom. The number of fused-ring (bicyclic) bond motifs is 1. The van der Waals surface area contributed by atoms with E-state index in [-0.39, 0.29) is 23.2 Å². The lowest BCUT2D eigenvalue weighted by Crippen LogP contribution is -2.36. The normalized spacial score (nSPS) is 11.7. The number of hydrogen-bond donors (Lipinski definition) is 0. The smallest absolute Gasteiger partial charge is 0.260 e. The van der Waals surface area contributed by atoms with Gasteiger partial charge in [-0.1, -0.05) is 37.3 Å². The fraction of sp³-hybridized carbons (Fsp3) is 0.391. The van der Waals surface area contributed by atoms with Crippen LogP contribution in [0.25, 0.3) is 10.2 Å². The van der Waals surface area contributed by atoms with Crippen molar-refractivity contribution < 1.29 is 13.2 Å². The molecule has 0 radical (unpaired) electrons. The average molecular weight is 511 g/mol. The Balaban J connectivity index is 0.00000385. The first-order chi connectivity index (χ1) is 15.2. The summed E-state index contributed by atoms with van der Waals surface area (Å²) in [5, 5.41) is 0.640. The summed E-state index contributed by atoms with van der Waals surface area (Å²) in [6.45, 7) is 7.57. The second-order valence-electron chi connectivity index (χ2n) is 7.79. The van der Waals surface area contributed by atoms with Crippen molar-refractivity contribution in [2.45, 2.75) is 25.7 Å². The van der Waals surface area contributed by atoms with Crippen molar-refractivity contribution in [1.29, 1.82) is 0 Å². The van der Waals surface area contributed by atoms with Gasteiger partial charge in [0.05, 0.1) is 15.1 Å². The van der Waals surface area contributed by atoms with Crippen molar-refractivity contribution in [2.75, 3.05) is 45.2 Å². The van der Waals surface area contributed by atoms with E-state index < -0.39 is 10.0 Å². The minimum atomic E-state index is -3.57. The Labute approximate surface area is 206 Å². The molecule has 0 unspecified atom stereocenters. The summed E-state index contributed by atoms with van der Waals surface area (Å²) in [7, 11) is 0.345. The minimum Gasteiger partial charge on any atom is -0.308 e. The van der Waals surface area contributed by atoms with Crippen LogP contribution < -0.4 is 4.90 Å². The standard InChI is InChI=1S/C23H30N4O3S2.ClH/c1-6-26(7-2)32(29,30)19-13-11-18(12-14-19)22(28)27(16-15-25(4)5)23-24-21-17(3)9-8-10-20(21)31-23;/h8-14H,6-7,15-16H2,1-5H3;1H. The Kier molecular flexibility index (Phi) is 9.39. The summed E-state index contributed by atoms with van der Waals surface area (Å²) in [6, 6.07) is 12.2. The van der Waals surface area contributed by atoms with Crippen LogP contribution in [0.3, 0.4) is 0 Å². The molecule has 7 nitrogen and oxygen atoms in total. The molecule has 3 rings (SSSR count). The highest BCUT2D eigenvalue weighted by atomic mass is 35.5. The van der Waals surface area contributed by atoms with Gasteiger partial charge in [-0.25, -0.2) is 13.4 Å². The van der Waals surface area contributed by atoms with E-state index in [1.54, 1.807) is 30.9 Å². The van der Waals surface area contributed by atoms with Crippen LogP contribution in [0.1, 0.15) is 29.8 Å². The molecule has 0 N–H and O–H groups in total. The van der Waals surface area contributed by atoms with Crippen LogP contribution >= 0.6 is 23.7 Å². The highest BCUT2D eigenvalue weighted by Gasteiger charge is 2.24. The number of benzene rings is 2. The van der Waals surface area contributed by atoms with Gasteiger partial charge in [0.15, 0.2) is 5.13 Å². The summed E-state index contributed by atoms with van der Waals surface area (Å²) >= 11 is 1.48. The molecule has 1 amide bonds. The van der Waals surface area contributed by atoms with Crippen molar-refractivity contribution in [3.05, 3.63) is 53.6 Å². The molecule has 180 valence electrons. The molecule has 3 aromatic rings. The SMILES string of the molecule is CCN(CC)S(=O)(=O)c1ccc(C(=O)N(CCN(C)C)c2nc3c(C)cccc3s2)cc1.Cl. The van der Waals surface area contributed by atoms with E-state index in [9.17, 15) is 13.2 Å². The number of carbonyl (C=O) groups is 1. The van der Waals surface area contributed by atoms with Crippen molar-refractivity contribution >= 4 is 55.0 Å². The molecule has 33 heavy (non-hydrogen) atoms. The second kappa shape index (κ2) is 11.4. The topological polar surface area (TPSA) is 73.8 Å². The van der Waals surface area contributed by atoms with E-state index in [4.69, 9.17) is 4.98 Å². The van der Waals surface area contributed by atoms with Gasteiger partial charge in [0, 0.05) is 31.7 Å². The van der Waals surface area contributed by atoms with Crippen molar-refractivity contribution in [3.8, 4) is 0 Å². The molecule has 0 spiro atoms. The van der Waals surface area contributed by atoms with E-state index in [0.29, 0.717) is 36.9 Å². The average Bonchev–Trinajstić information content (AvgIpc) is 3.19. The first-order valence-electron chi connectivity index (χ1n) is 10.6. The Morgan fingerprint density at radius 1 is 1.00 bits per heavy atom. The number of halogens is 1. The number of rotatable bonds is 9. The Bertz CT molecular complexity index is 1190. The summed E-state index contributed by atoms with van der Waals surface area (Å²) in [4.78, 5) is 22.1. The zero-order chi connectivity index (χ0) is 23.5. The minimum absolute atomic E-state index is 0. The van der Waals surface area contributed by atoms with Crippen LogP contribution in [-0.2, 0) is 10.0 Å². The molecule has 0 saturated heterocycles. The molecular weight excluding hydrogens is 480 g/mol. The first kappa shape index (κ1) is 27.2. The Hall–Kier alpha value is -2.04. The molecule has 2 aromatic carbocycles. The van der Waals surface area contributed by atoms with Gasteiger partial charge in [-0.15, -0.1) is 12.4 Å². The maximum Gasteiger partial charge on any atom is 0.260 e. The number of hydrogen-bond acceptors (Lipinski definition) is 6. The summed E-state index contributed by atoms with van der Waals surface area (Å²) < 4.78 is 27.9. The zero-order valence-electron chi connectivity index (χ0n) is 19.6.